The summed E-state index contributed by atoms with van der Waals surface area (Å²) in [5.74, 6) is 1.22. The summed E-state index contributed by atoms with van der Waals surface area (Å²) >= 11 is 5.79. The Morgan fingerprint density at radius 1 is 1.33 bits per heavy atom. The minimum atomic E-state index is -0.459. The summed E-state index contributed by atoms with van der Waals surface area (Å²) in [5.41, 5.74) is 6.49. The minimum Gasteiger partial charge on any atom is -0.339 e. The van der Waals surface area contributed by atoms with Crippen molar-refractivity contribution in [2.45, 2.75) is 31.6 Å². The van der Waals surface area contributed by atoms with E-state index in [2.05, 4.69) is 10.1 Å². The van der Waals surface area contributed by atoms with Crippen LogP contribution in [-0.4, -0.2) is 16.7 Å². The molecule has 6 heteroatoms. The molecule has 1 aromatic heterocycles. The molecule has 1 fully saturated rings. The number of hydrogen-bond donors (Lipinski definition) is 1. The molecule has 1 heterocycles. The average molecular weight is 310 g/mol. The molecular formula is C15H17ClFN3O. The van der Waals surface area contributed by atoms with Gasteiger partial charge in [-0.1, -0.05) is 29.6 Å². The van der Waals surface area contributed by atoms with E-state index in [1.807, 2.05) is 0 Å². The van der Waals surface area contributed by atoms with Crippen LogP contribution in [0, 0.1) is 11.7 Å². The molecule has 0 spiro atoms. The zero-order valence-corrected chi connectivity index (χ0v) is 12.3. The maximum Gasteiger partial charge on any atom is 0.230 e. The Kier molecular flexibility index (Phi) is 4.22. The van der Waals surface area contributed by atoms with Gasteiger partial charge in [0.2, 0.25) is 11.7 Å². The lowest BCUT2D eigenvalue weighted by Gasteiger charge is -2.27. The average Bonchev–Trinajstić information content (AvgIpc) is 2.99. The maximum atomic E-state index is 13.2. The van der Waals surface area contributed by atoms with Crippen molar-refractivity contribution < 1.29 is 8.91 Å². The number of nitrogens with zero attached hydrogens (tertiary/aromatic N) is 2. The third-order valence-corrected chi connectivity index (χ3v) is 4.44. The van der Waals surface area contributed by atoms with Crippen molar-refractivity contribution in [3.8, 4) is 11.4 Å². The third-order valence-electron chi connectivity index (χ3n) is 4.15. The molecule has 112 valence electrons. The third kappa shape index (κ3) is 2.94. The molecular weight excluding hydrogens is 293 g/mol. The number of benzene rings is 1. The monoisotopic (exact) mass is 309 g/mol. The molecule has 4 nitrogen and oxygen atoms in total. The van der Waals surface area contributed by atoms with Gasteiger partial charge in [0.15, 0.2) is 0 Å². The van der Waals surface area contributed by atoms with Crippen molar-refractivity contribution >= 4 is 11.6 Å². The molecule has 1 aromatic carbocycles. The van der Waals surface area contributed by atoms with E-state index in [4.69, 9.17) is 21.9 Å². The van der Waals surface area contributed by atoms with Crippen LogP contribution in [0.3, 0.4) is 0 Å². The van der Waals surface area contributed by atoms with Crippen molar-refractivity contribution in [3.05, 3.63) is 34.9 Å². The Morgan fingerprint density at radius 3 is 2.90 bits per heavy atom. The van der Waals surface area contributed by atoms with Gasteiger partial charge in [0, 0.05) is 11.5 Å². The summed E-state index contributed by atoms with van der Waals surface area (Å²) < 4.78 is 18.6. The smallest absolute Gasteiger partial charge is 0.230 e. The summed E-state index contributed by atoms with van der Waals surface area (Å²) in [6.07, 6.45) is 4.48. The van der Waals surface area contributed by atoms with E-state index >= 15 is 0 Å². The maximum absolute atomic E-state index is 13.2. The van der Waals surface area contributed by atoms with Crippen LogP contribution < -0.4 is 5.73 Å². The van der Waals surface area contributed by atoms with Crippen molar-refractivity contribution in [1.29, 1.82) is 0 Å². The zero-order valence-electron chi connectivity index (χ0n) is 11.6. The fraction of sp³-hybridized carbons (Fsp3) is 0.467. The number of nitrogens with two attached hydrogens (primary N) is 1. The van der Waals surface area contributed by atoms with E-state index in [0.29, 0.717) is 29.7 Å². The van der Waals surface area contributed by atoms with Gasteiger partial charge < -0.3 is 10.3 Å². The van der Waals surface area contributed by atoms with E-state index in [9.17, 15) is 4.39 Å². The first-order valence-electron chi connectivity index (χ1n) is 7.18. The molecule has 1 saturated carbocycles. The van der Waals surface area contributed by atoms with Gasteiger partial charge in [-0.25, -0.2) is 4.39 Å². The molecule has 21 heavy (non-hydrogen) atoms. The summed E-state index contributed by atoms with van der Waals surface area (Å²) in [6.45, 7) is 0.630. The molecule has 2 atom stereocenters. The molecule has 1 aliphatic carbocycles. The quantitative estimate of drug-likeness (QED) is 0.937. The molecule has 2 aromatic rings. The Bertz CT molecular complexity index is 631. The molecule has 3 rings (SSSR count). The molecule has 0 saturated heterocycles. The molecule has 0 amide bonds. The van der Waals surface area contributed by atoms with Gasteiger partial charge >= 0.3 is 0 Å². The van der Waals surface area contributed by atoms with Crippen LogP contribution in [0.4, 0.5) is 4.39 Å². The standard InChI is InChI=1S/C15H17ClFN3O/c16-12-7-9(5-6-13(12)17)14-19-15(21-20-14)11-4-2-1-3-10(11)8-18/h5-7,10-11H,1-4,8,18H2. The van der Waals surface area contributed by atoms with Crippen molar-refractivity contribution in [2.24, 2.45) is 11.7 Å². The highest BCUT2D eigenvalue weighted by Gasteiger charge is 2.30. The highest BCUT2D eigenvalue weighted by atomic mass is 35.5. The van der Waals surface area contributed by atoms with E-state index < -0.39 is 5.82 Å². The second-order valence-corrected chi connectivity index (χ2v) is 5.88. The first kappa shape index (κ1) is 14.5. The van der Waals surface area contributed by atoms with Gasteiger partial charge in [0.05, 0.1) is 5.02 Å². The minimum absolute atomic E-state index is 0.0522. The fourth-order valence-electron chi connectivity index (χ4n) is 2.95. The van der Waals surface area contributed by atoms with Crippen molar-refractivity contribution in [3.63, 3.8) is 0 Å². The van der Waals surface area contributed by atoms with E-state index in [1.54, 1.807) is 6.07 Å². The van der Waals surface area contributed by atoms with Gasteiger partial charge in [0.1, 0.15) is 5.82 Å². The van der Waals surface area contributed by atoms with Crippen LogP contribution >= 0.6 is 11.6 Å². The van der Waals surface area contributed by atoms with Gasteiger partial charge in [-0.15, -0.1) is 0 Å². The highest BCUT2D eigenvalue weighted by Crippen LogP contribution is 2.37. The SMILES string of the molecule is NCC1CCCCC1c1nc(-c2ccc(F)c(Cl)c2)no1. The topological polar surface area (TPSA) is 64.9 Å². The lowest BCUT2D eigenvalue weighted by molar-refractivity contribution is 0.249. The zero-order chi connectivity index (χ0) is 14.8. The van der Waals surface area contributed by atoms with Crippen LogP contribution in [0.5, 0.6) is 0 Å². The number of rotatable bonds is 3. The molecule has 0 aliphatic heterocycles. The normalized spacial score (nSPS) is 22.4. The van der Waals surface area contributed by atoms with Crippen LogP contribution in [-0.2, 0) is 0 Å². The second-order valence-electron chi connectivity index (χ2n) is 5.47. The first-order valence-corrected chi connectivity index (χ1v) is 7.56. The Labute approximate surface area is 127 Å². The second kappa shape index (κ2) is 6.12. The van der Waals surface area contributed by atoms with Gasteiger partial charge in [-0.2, -0.15) is 4.98 Å². The molecule has 1 aliphatic rings. The van der Waals surface area contributed by atoms with Crippen molar-refractivity contribution in [2.75, 3.05) is 6.54 Å². The Hall–Kier alpha value is -1.46. The first-order chi connectivity index (χ1) is 10.2. The molecule has 0 bridgehead atoms. The molecule has 2 N–H and O–H groups in total. The molecule has 0 radical (unpaired) electrons. The van der Waals surface area contributed by atoms with Crippen LogP contribution in [0.25, 0.3) is 11.4 Å². The Morgan fingerprint density at radius 2 is 2.14 bits per heavy atom. The summed E-state index contributed by atoms with van der Waals surface area (Å²) in [7, 11) is 0. The number of halogens is 2. The summed E-state index contributed by atoms with van der Waals surface area (Å²) in [5, 5.41) is 4.05. The van der Waals surface area contributed by atoms with E-state index in [1.165, 1.54) is 18.6 Å². The number of aromatic nitrogens is 2. The van der Waals surface area contributed by atoms with Gasteiger partial charge in [-0.05, 0) is 43.5 Å². The lowest BCUT2D eigenvalue weighted by atomic mass is 9.79. The van der Waals surface area contributed by atoms with Gasteiger partial charge in [-0.3, -0.25) is 0 Å². The number of hydrogen-bond acceptors (Lipinski definition) is 4. The molecule has 2 unspecified atom stereocenters. The van der Waals surface area contributed by atoms with E-state index in [-0.39, 0.29) is 10.9 Å². The predicted octanol–water partition coefficient (Wildman–Crippen LogP) is 3.76. The van der Waals surface area contributed by atoms with E-state index in [0.717, 1.165) is 19.3 Å². The summed E-state index contributed by atoms with van der Waals surface area (Å²) in [4.78, 5) is 4.46. The largest absolute Gasteiger partial charge is 0.339 e. The fourth-order valence-corrected chi connectivity index (χ4v) is 3.13. The lowest BCUT2D eigenvalue weighted by Crippen LogP contribution is -2.25. The Balaban J connectivity index is 1.86. The predicted molar refractivity (Wildman–Crippen MR) is 78.5 cm³/mol. The van der Waals surface area contributed by atoms with Crippen molar-refractivity contribution in [1.82, 2.24) is 10.1 Å². The van der Waals surface area contributed by atoms with Gasteiger partial charge in [0.25, 0.3) is 0 Å². The summed E-state index contributed by atoms with van der Waals surface area (Å²) in [6, 6.07) is 4.40. The van der Waals surface area contributed by atoms with Crippen LogP contribution in [0.2, 0.25) is 5.02 Å². The highest BCUT2D eigenvalue weighted by molar-refractivity contribution is 6.31. The van der Waals surface area contributed by atoms with Crippen LogP contribution in [0.15, 0.2) is 22.7 Å². The van der Waals surface area contributed by atoms with Crippen LogP contribution in [0.1, 0.15) is 37.5 Å².